The minimum atomic E-state index is -4.01. The molecule has 3 saturated heterocycles. The van der Waals surface area contributed by atoms with E-state index in [1.807, 2.05) is 0 Å². The Morgan fingerprint density at radius 3 is 2.38 bits per heavy atom. The summed E-state index contributed by atoms with van der Waals surface area (Å²) >= 11 is 0. The number of fused-ring (bicyclic) bond motifs is 3. The number of ether oxygens (including phenoxy) is 5. The number of nitrogens with zero attached hydrogens (tertiary/aromatic N) is 2. The van der Waals surface area contributed by atoms with Crippen LogP contribution in [0.25, 0.3) is 0 Å². The second-order valence-corrected chi connectivity index (χ2v) is 8.86. The third-order valence-corrected chi connectivity index (χ3v) is 5.54. The van der Waals surface area contributed by atoms with Crippen LogP contribution in [0.2, 0.25) is 0 Å². The average Bonchev–Trinajstić information content (AvgIpc) is 3.20. The Balaban J connectivity index is 1.53. The van der Waals surface area contributed by atoms with E-state index in [9.17, 15) is 8.42 Å². The van der Waals surface area contributed by atoms with E-state index in [4.69, 9.17) is 27.9 Å². The first kappa shape index (κ1) is 18.3. The summed E-state index contributed by atoms with van der Waals surface area (Å²) in [5.41, 5.74) is 0. The van der Waals surface area contributed by atoms with Gasteiger partial charge in [-0.1, -0.05) is 0 Å². The van der Waals surface area contributed by atoms with Crippen molar-refractivity contribution in [3.8, 4) is 0 Å². The van der Waals surface area contributed by atoms with Gasteiger partial charge >= 0.3 is 10.3 Å². The molecule has 26 heavy (non-hydrogen) atoms. The van der Waals surface area contributed by atoms with Crippen LogP contribution in [0.3, 0.4) is 0 Å². The van der Waals surface area contributed by atoms with Crippen LogP contribution in [0.5, 0.6) is 0 Å². The van der Waals surface area contributed by atoms with Gasteiger partial charge in [-0.3, -0.25) is 4.18 Å². The van der Waals surface area contributed by atoms with Gasteiger partial charge in [0, 0.05) is 12.4 Å². The van der Waals surface area contributed by atoms with Crippen LogP contribution in [0.4, 0.5) is 0 Å². The molecule has 0 bridgehead atoms. The molecule has 0 N–H and O–H groups in total. The zero-order valence-corrected chi connectivity index (χ0v) is 15.7. The second kappa shape index (κ2) is 5.96. The fraction of sp³-hybridized carbons (Fsp3) is 0.800. The second-order valence-electron chi connectivity index (χ2n) is 7.34. The summed E-state index contributed by atoms with van der Waals surface area (Å²) < 4.78 is 59.9. The summed E-state index contributed by atoms with van der Waals surface area (Å²) in [5.74, 6) is -1.69. The molecule has 0 amide bonds. The van der Waals surface area contributed by atoms with E-state index >= 15 is 0 Å². The van der Waals surface area contributed by atoms with Gasteiger partial charge in [0.05, 0.1) is 6.61 Å². The van der Waals surface area contributed by atoms with Crippen molar-refractivity contribution >= 4 is 10.3 Å². The van der Waals surface area contributed by atoms with Gasteiger partial charge in [0.2, 0.25) is 0 Å². The van der Waals surface area contributed by atoms with Crippen molar-refractivity contribution in [2.24, 2.45) is 0 Å². The fourth-order valence-corrected chi connectivity index (χ4v) is 4.22. The number of imidazole rings is 1. The maximum Gasteiger partial charge on any atom is 0.367 e. The number of rotatable bonds is 4. The largest absolute Gasteiger partial charge is 0.367 e. The first-order valence-corrected chi connectivity index (χ1v) is 9.67. The van der Waals surface area contributed by atoms with Gasteiger partial charge in [-0.2, -0.15) is 8.42 Å². The molecule has 5 atom stereocenters. The highest BCUT2D eigenvalue weighted by molar-refractivity contribution is 7.85. The summed E-state index contributed by atoms with van der Waals surface area (Å²) in [6.45, 7) is 6.86. The van der Waals surface area contributed by atoms with Gasteiger partial charge in [0.1, 0.15) is 30.7 Å². The molecule has 0 spiro atoms. The molecule has 0 radical (unpaired) electrons. The molecule has 0 saturated carbocycles. The molecule has 10 nitrogen and oxygen atoms in total. The Morgan fingerprint density at radius 2 is 1.69 bits per heavy atom. The highest BCUT2D eigenvalue weighted by Gasteiger charge is 2.60. The van der Waals surface area contributed by atoms with E-state index < -0.39 is 52.6 Å². The van der Waals surface area contributed by atoms with Gasteiger partial charge in [0.25, 0.3) is 0 Å². The van der Waals surface area contributed by atoms with Gasteiger partial charge < -0.3 is 23.7 Å². The third-order valence-electron chi connectivity index (χ3n) is 4.37. The molecular formula is C15H22N2O8S. The van der Waals surface area contributed by atoms with Crippen molar-refractivity contribution < 1.29 is 36.3 Å². The molecule has 0 aromatic carbocycles. The van der Waals surface area contributed by atoms with Crippen molar-refractivity contribution in [1.82, 2.24) is 8.96 Å². The topological polar surface area (TPSA) is 107 Å². The lowest BCUT2D eigenvalue weighted by molar-refractivity contribution is -0.238. The van der Waals surface area contributed by atoms with Crippen LogP contribution in [0.1, 0.15) is 27.7 Å². The summed E-state index contributed by atoms with van der Waals surface area (Å²) in [5, 5.41) is 0. The quantitative estimate of drug-likeness (QED) is 0.721. The minimum absolute atomic E-state index is 0.256. The van der Waals surface area contributed by atoms with Gasteiger partial charge in [-0.15, -0.1) is 0 Å². The highest BCUT2D eigenvalue weighted by Crippen LogP contribution is 2.44. The molecule has 11 heteroatoms. The van der Waals surface area contributed by atoms with E-state index in [1.165, 1.54) is 12.4 Å². The molecule has 3 aliphatic heterocycles. The normalized spacial score (nSPS) is 38.1. The van der Waals surface area contributed by atoms with Crippen LogP contribution in [0.15, 0.2) is 18.7 Å². The predicted molar refractivity (Wildman–Crippen MR) is 85.0 cm³/mol. The van der Waals surface area contributed by atoms with E-state index in [1.54, 1.807) is 27.7 Å². The third kappa shape index (κ3) is 3.28. The monoisotopic (exact) mass is 390 g/mol. The summed E-state index contributed by atoms with van der Waals surface area (Å²) in [4.78, 5) is 3.71. The predicted octanol–water partition coefficient (Wildman–Crippen LogP) is 0.389. The highest BCUT2D eigenvalue weighted by atomic mass is 32.2. The van der Waals surface area contributed by atoms with E-state index in [2.05, 4.69) is 4.98 Å². The lowest BCUT2D eigenvalue weighted by Gasteiger charge is -2.36. The van der Waals surface area contributed by atoms with E-state index in [0.29, 0.717) is 0 Å². The fourth-order valence-electron chi connectivity index (χ4n) is 3.42. The Labute approximate surface area is 151 Å². The Morgan fingerprint density at radius 1 is 1.04 bits per heavy atom. The zero-order valence-electron chi connectivity index (χ0n) is 14.9. The number of hydrogen-bond donors (Lipinski definition) is 0. The summed E-state index contributed by atoms with van der Waals surface area (Å²) in [6.07, 6.45) is 0.873. The molecule has 3 fully saturated rings. The van der Waals surface area contributed by atoms with Crippen molar-refractivity contribution in [3.05, 3.63) is 18.7 Å². The van der Waals surface area contributed by atoms with Gasteiger partial charge in [-0.05, 0) is 27.7 Å². The molecule has 3 aliphatic rings. The molecule has 5 unspecified atom stereocenters. The molecule has 4 heterocycles. The summed E-state index contributed by atoms with van der Waals surface area (Å²) in [7, 11) is -4.01. The number of hydrogen-bond acceptors (Lipinski definition) is 9. The smallest absolute Gasteiger partial charge is 0.342 e. The van der Waals surface area contributed by atoms with Gasteiger partial charge in [-0.25, -0.2) is 8.96 Å². The number of aromatic nitrogens is 2. The van der Waals surface area contributed by atoms with Crippen molar-refractivity contribution in [2.75, 3.05) is 6.61 Å². The van der Waals surface area contributed by atoms with Crippen molar-refractivity contribution in [3.63, 3.8) is 0 Å². The first-order valence-electron chi connectivity index (χ1n) is 8.31. The Hall–Kier alpha value is -1.08. The lowest BCUT2D eigenvalue weighted by atomic mass is 9.99. The molecule has 0 aliphatic carbocycles. The van der Waals surface area contributed by atoms with E-state index in [-0.39, 0.29) is 6.61 Å². The minimum Gasteiger partial charge on any atom is -0.342 e. The summed E-state index contributed by atoms with van der Waals surface area (Å²) in [6, 6.07) is 0. The van der Waals surface area contributed by atoms with Crippen molar-refractivity contribution in [2.45, 2.75) is 70.0 Å². The van der Waals surface area contributed by atoms with Crippen LogP contribution in [-0.2, 0) is 38.2 Å². The zero-order chi connectivity index (χ0) is 18.7. The van der Waals surface area contributed by atoms with Crippen molar-refractivity contribution in [1.29, 1.82) is 0 Å². The SMILES string of the molecule is CC1(C)OC2OC(COS(=O)(=O)n3ccnc3)C3OC(C)(C)OC3C2O1. The molecule has 1 aromatic rings. The Kier molecular flexibility index (Phi) is 4.19. The van der Waals surface area contributed by atoms with Gasteiger partial charge in [0.15, 0.2) is 17.9 Å². The lowest BCUT2D eigenvalue weighted by Crippen LogP contribution is -2.56. The molecule has 1 aromatic heterocycles. The molecule has 4 rings (SSSR count). The van der Waals surface area contributed by atoms with Crippen LogP contribution in [0, 0.1) is 0 Å². The molecule has 146 valence electrons. The maximum atomic E-state index is 12.2. The maximum absolute atomic E-state index is 12.2. The Bertz CT molecular complexity index is 763. The van der Waals surface area contributed by atoms with Crippen LogP contribution >= 0.6 is 0 Å². The van der Waals surface area contributed by atoms with Crippen LogP contribution < -0.4 is 0 Å². The average molecular weight is 390 g/mol. The first-order chi connectivity index (χ1) is 12.1. The van der Waals surface area contributed by atoms with Crippen LogP contribution in [-0.4, -0.2) is 66.3 Å². The molecular weight excluding hydrogens is 368 g/mol. The standard InChI is InChI=1S/C15H22N2O8S/c1-14(2)22-10-9(7-20-26(18,19)17-6-5-16-8-17)21-13-12(11(10)23-14)24-15(3,4)25-13/h5-6,8-13H,7H2,1-4H3. The van der Waals surface area contributed by atoms with E-state index in [0.717, 1.165) is 10.3 Å².